The Hall–Kier alpha value is -1.06. The van der Waals surface area contributed by atoms with Gasteiger partial charge in [-0.2, -0.15) is 0 Å². The van der Waals surface area contributed by atoms with Gasteiger partial charge in [0.2, 0.25) is 5.84 Å². The highest BCUT2D eigenvalue weighted by Crippen LogP contribution is 1.97. The molecule has 4 nitrogen and oxygen atoms in total. The Morgan fingerprint density at radius 3 is 2.44 bits per heavy atom. The van der Waals surface area contributed by atoms with Gasteiger partial charge in [0.25, 0.3) is 0 Å². The van der Waals surface area contributed by atoms with Crippen LogP contribution in [-0.2, 0) is 4.79 Å². The third kappa shape index (κ3) is 3.52. The zero-order chi connectivity index (χ0) is 7.44. The van der Waals surface area contributed by atoms with Crippen LogP contribution in [0.25, 0.3) is 0 Å². The van der Waals surface area contributed by atoms with E-state index in [0.717, 1.165) is 0 Å². The highest BCUT2D eigenvalue weighted by molar-refractivity contribution is 5.81. The van der Waals surface area contributed by atoms with E-state index in [1.807, 2.05) is 0 Å². The maximum Gasteiger partial charge on any atom is 0.304 e. The average molecular weight is 131 g/mol. The van der Waals surface area contributed by atoms with Crippen molar-refractivity contribution in [2.24, 2.45) is 11.7 Å². The topological polar surface area (TPSA) is 88.9 Å². The van der Waals surface area contributed by atoms with Crippen molar-refractivity contribution in [1.82, 2.24) is 0 Å². The highest BCUT2D eigenvalue weighted by Gasteiger charge is 2.13. The molecule has 0 aromatic heterocycles. The minimum absolute atomic E-state index is 0.00231. The van der Waals surface area contributed by atoms with E-state index < -0.39 is 5.97 Å². The predicted octanol–water partition coefficient (Wildman–Crippen LogP) is -1.79. The molecule has 5 N–H and O–H groups in total. The van der Waals surface area contributed by atoms with Crippen molar-refractivity contribution < 1.29 is 15.3 Å². The van der Waals surface area contributed by atoms with Gasteiger partial charge in [-0.05, 0) is 0 Å². The SMILES string of the molecule is CC(CC(=O)O)C(N)=[NH2+]. The van der Waals surface area contributed by atoms with E-state index in [9.17, 15) is 4.79 Å². The van der Waals surface area contributed by atoms with E-state index in [2.05, 4.69) is 0 Å². The summed E-state index contributed by atoms with van der Waals surface area (Å²) in [6.45, 7) is 1.67. The van der Waals surface area contributed by atoms with Gasteiger partial charge in [0.05, 0.1) is 12.3 Å². The normalized spacial score (nSPS) is 12.6. The van der Waals surface area contributed by atoms with Crippen LogP contribution >= 0.6 is 0 Å². The molecule has 0 radical (unpaired) electrons. The van der Waals surface area contributed by atoms with Crippen LogP contribution < -0.4 is 11.1 Å². The van der Waals surface area contributed by atoms with Gasteiger partial charge in [-0.15, -0.1) is 0 Å². The quantitative estimate of drug-likeness (QED) is 0.312. The van der Waals surface area contributed by atoms with Gasteiger partial charge in [0.1, 0.15) is 0 Å². The molecular formula is C5H11N2O2+. The van der Waals surface area contributed by atoms with Gasteiger partial charge in [0, 0.05) is 0 Å². The molecule has 1 unspecified atom stereocenters. The fraction of sp³-hybridized carbons (Fsp3) is 0.600. The third-order valence-corrected chi connectivity index (χ3v) is 1.05. The molecule has 0 bridgehead atoms. The van der Waals surface area contributed by atoms with Crippen LogP contribution in [0.3, 0.4) is 0 Å². The van der Waals surface area contributed by atoms with E-state index in [1.54, 1.807) is 6.92 Å². The Labute approximate surface area is 53.2 Å². The van der Waals surface area contributed by atoms with Crippen LogP contribution in [0, 0.1) is 5.92 Å². The first-order chi connectivity index (χ1) is 4.04. The molecule has 0 aliphatic heterocycles. The number of amidine groups is 1. The molecule has 0 aromatic carbocycles. The predicted molar refractivity (Wildman–Crippen MR) is 32.5 cm³/mol. The lowest BCUT2D eigenvalue weighted by atomic mass is 10.1. The second-order valence-corrected chi connectivity index (χ2v) is 2.00. The Bertz CT molecular complexity index is 133. The van der Waals surface area contributed by atoms with Crippen molar-refractivity contribution in [3.63, 3.8) is 0 Å². The number of carboxylic acids is 1. The standard InChI is InChI=1S/C5H10N2O2/c1-3(5(6)7)2-4(8)9/h3H,2H2,1H3,(H3,6,7)(H,8,9)/p+1. The number of hydrogen-bond acceptors (Lipinski definition) is 1. The van der Waals surface area contributed by atoms with Gasteiger partial charge >= 0.3 is 5.97 Å². The summed E-state index contributed by atoms with van der Waals surface area (Å²) in [5.74, 6) is -0.934. The largest absolute Gasteiger partial charge is 0.481 e. The first kappa shape index (κ1) is 7.94. The van der Waals surface area contributed by atoms with Gasteiger partial charge in [-0.1, -0.05) is 6.92 Å². The van der Waals surface area contributed by atoms with Gasteiger partial charge in [-0.25, -0.2) is 0 Å². The van der Waals surface area contributed by atoms with Gasteiger partial charge < -0.3 is 5.11 Å². The number of nitrogens with two attached hydrogens (primary N) is 2. The number of rotatable bonds is 3. The summed E-state index contributed by atoms with van der Waals surface area (Å²) in [5, 5.41) is 13.3. The number of carboxylic acid groups (broad SMARTS) is 1. The summed E-state index contributed by atoms with van der Waals surface area (Å²) in [6, 6.07) is 0. The summed E-state index contributed by atoms with van der Waals surface area (Å²) in [4.78, 5) is 9.99. The van der Waals surface area contributed by atoms with E-state index in [0.29, 0.717) is 0 Å². The molecule has 0 rings (SSSR count). The maximum atomic E-state index is 9.99. The molecule has 1 atom stereocenters. The minimum atomic E-state index is -0.879. The van der Waals surface area contributed by atoms with Crippen LogP contribution in [0.1, 0.15) is 13.3 Å². The van der Waals surface area contributed by atoms with Crippen LogP contribution in [0.2, 0.25) is 0 Å². The van der Waals surface area contributed by atoms with Crippen molar-refractivity contribution in [2.75, 3.05) is 0 Å². The Morgan fingerprint density at radius 2 is 2.33 bits per heavy atom. The summed E-state index contributed by atoms with van der Waals surface area (Å²) >= 11 is 0. The molecule has 0 amide bonds. The summed E-state index contributed by atoms with van der Waals surface area (Å²) in [7, 11) is 0. The van der Waals surface area contributed by atoms with Gasteiger partial charge in [-0.3, -0.25) is 15.9 Å². The lowest BCUT2D eigenvalue weighted by Gasteiger charge is -1.98. The fourth-order valence-electron chi connectivity index (χ4n) is 0.380. The lowest BCUT2D eigenvalue weighted by Crippen LogP contribution is -2.49. The Morgan fingerprint density at radius 1 is 1.89 bits per heavy atom. The maximum absolute atomic E-state index is 9.99. The molecular weight excluding hydrogens is 120 g/mol. The highest BCUT2D eigenvalue weighted by atomic mass is 16.4. The zero-order valence-corrected chi connectivity index (χ0v) is 5.29. The Balaban J connectivity index is 3.63. The second-order valence-electron chi connectivity index (χ2n) is 2.00. The summed E-state index contributed by atoms with van der Waals surface area (Å²) in [6.07, 6.45) is 0.00231. The van der Waals surface area contributed by atoms with Crippen LogP contribution in [0.4, 0.5) is 0 Å². The first-order valence-electron chi connectivity index (χ1n) is 2.63. The molecule has 0 heterocycles. The number of hydrogen-bond donors (Lipinski definition) is 3. The molecule has 9 heavy (non-hydrogen) atoms. The molecule has 52 valence electrons. The van der Waals surface area contributed by atoms with Crippen LogP contribution in [0.5, 0.6) is 0 Å². The first-order valence-corrected chi connectivity index (χ1v) is 2.63. The lowest BCUT2D eigenvalue weighted by molar-refractivity contribution is -0.140. The zero-order valence-electron chi connectivity index (χ0n) is 5.29. The third-order valence-electron chi connectivity index (χ3n) is 1.05. The van der Waals surface area contributed by atoms with E-state index in [1.165, 1.54) is 0 Å². The molecule has 0 saturated heterocycles. The molecule has 0 aliphatic carbocycles. The van der Waals surface area contributed by atoms with Crippen molar-refractivity contribution in [1.29, 1.82) is 0 Å². The van der Waals surface area contributed by atoms with Crippen LogP contribution in [0.15, 0.2) is 0 Å². The minimum Gasteiger partial charge on any atom is -0.481 e. The monoisotopic (exact) mass is 131 g/mol. The second kappa shape index (κ2) is 3.06. The van der Waals surface area contributed by atoms with Crippen LogP contribution in [-0.4, -0.2) is 16.9 Å². The Kier molecular flexibility index (Phi) is 2.70. The van der Waals surface area contributed by atoms with Gasteiger partial charge in [0.15, 0.2) is 0 Å². The van der Waals surface area contributed by atoms with Crippen molar-refractivity contribution in [3.8, 4) is 0 Å². The molecule has 0 fully saturated rings. The van der Waals surface area contributed by atoms with Crippen molar-refractivity contribution >= 4 is 11.8 Å². The fourth-order valence-corrected chi connectivity index (χ4v) is 0.380. The van der Waals surface area contributed by atoms with Crippen molar-refractivity contribution in [2.45, 2.75) is 13.3 Å². The smallest absolute Gasteiger partial charge is 0.304 e. The van der Waals surface area contributed by atoms with E-state index in [-0.39, 0.29) is 18.2 Å². The average Bonchev–Trinajstić information content (AvgIpc) is 1.63. The van der Waals surface area contributed by atoms with Crippen molar-refractivity contribution in [3.05, 3.63) is 0 Å². The van der Waals surface area contributed by atoms with E-state index >= 15 is 0 Å². The molecule has 4 heteroatoms. The number of carbonyl (C=O) groups is 1. The molecule has 0 spiro atoms. The summed E-state index contributed by atoms with van der Waals surface area (Å²) < 4.78 is 0. The number of aliphatic carboxylic acids is 1. The van der Waals surface area contributed by atoms with E-state index in [4.69, 9.17) is 16.2 Å². The summed E-state index contributed by atoms with van der Waals surface area (Å²) in [5.41, 5.74) is 5.12. The molecule has 0 aromatic rings. The molecule has 0 saturated carbocycles. The molecule has 0 aliphatic rings.